The summed E-state index contributed by atoms with van der Waals surface area (Å²) in [5.41, 5.74) is 1.21. The van der Waals surface area contributed by atoms with E-state index in [1.54, 1.807) is 20.4 Å². The third kappa shape index (κ3) is 5.65. The van der Waals surface area contributed by atoms with Gasteiger partial charge in [0.15, 0.2) is 0 Å². The molecule has 0 fully saturated rings. The molecule has 1 aromatic rings. The zero-order valence-corrected chi connectivity index (χ0v) is 10.9. The van der Waals surface area contributed by atoms with Crippen LogP contribution in [0.2, 0.25) is 0 Å². The Kier molecular flexibility index (Phi) is 6.58. The largest absolute Gasteiger partial charge is 0.495 e. The number of hydrogen-bond acceptors (Lipinski definition) is 4. The molecular weight excluding hydrogens is 216 g/mol. The van der Waals surface area contributed by atoms with Gasteiger partial charge in [-0.15, -0.1) is 0 Å². The predicted octanol–water partition coefficient (Wildman–Crippen LogP) is 1.50. The molecular formula is C13H22N2O2. The maximum absolute atomic E-state index is 5.15. The quantitative estimate of drug-likeness (QED) is 0.697. The topological polar surface area (TPSA) is 43.4 Å². The summed E-state index contributed by atoms with van der Waals surface area (Å²) < 4.78 is 10.1. The van der Waals surface area contributed by atoms with Crippen molar-refractivity contribution in [3.63, 3.8) is 0 Å². The van der Waals surface area contributed by atoms with Crippen molar-refractivity contribution in [3.8, 4) is 5.75 Å². The Morgan fingerprint density at radius 2 is 2.18 bits per heavy atom. The van der Waals surface area contributed by atoms with Gasteiger partial charge in [0.25, 0.3) is 0 Å². The molecule has 17 heavy (non-hydrogen) atoms. The number of methoxy groups -OCH3 is 2. The van der Waals surface area contributed by atoms with Crippen molar-refractivity contribution in [1.82, 2.24) is 10.3 Å². The zero-order chi connectivity index (χ0) is 12.5. The van der Waals surface area contributed by atoms with Crippen molar-refractivity contribution in [2.75, 3.05) is 33.9 Å². The van der Waals surface area contributed by atoms with Gasteiger partial charge in [0.05, 0.1) is 19.9 Å². The van der Waals surface area contributed by atoms with Gasteiger partial charge in [-0.3, -0.25) is 4.98 Å². The number of rotatable bonds is 8. The number of ether oxygens (including phenoxy) is 2. The molecule has 0 saturated heterocycles. The van der Waals surface area contributed by atoms with E-state index >= 15 is 0 Å². The molecule has 1 unspecified atom stereocenters. The van der Waals surface area contributed by atoms with Crippen LogP contribution in [0, 0.1) is 5.92 Å². The maximum atomic E-state index is 5.15. The van der Waals surface area contributed by atoms with E-state index in [-0.39, 0.29) is 0 Å². The lowest BCUT2D eigenvalue weighted by Gasteiger charge is -2.12. The summed E-state index contributed by atoms with van der Waals surface area (Å²) in [5.74, 6) is 1.39. The highest BCUT2D eigenvalue weighted by Crippen LogP contribution is 2.13. The van der Waals surface area contributed by atoms with E-state index in [1.165, 1.54) is 5.56 Å². The van der Waals surface area contributed by atoms with Crippen LogP contribution in [0.25, 0.3) is 0 Å². The number of aromatic nitrogens is 1. The molecule has 0 spiro atoms. The molecule has 0 bridgehead atoms. The SMILES string of the molecule is COCCNCC(C)Cc1cncc(OC)c1. The van der Waals surface area contributed by atoms with E-state index in [1.807, 2.05) is 12.3 Å². The van der Waals surface area contributed by atoms with Crippen molar-refractivity contribution in [3.05, 3.63) is 24.0 Å². The average molecular weight is 238 g/mol. The van der Waals surface area contributed by atoms with Crippen molar-refractivity contribution in [2.24, 2.45) is 5.92 Å². The number of hydrogen-bond donors (Lipinski definition) is 1. The average Bonchev–Trinajstić information content (AvgIpc) is 2.35. The van der Waals surface area contributed by atoms with Crippen LogP contribution in [0.1, 0.15) is 12.5 Å². The standard InChI is InChI=1S/C13H22N2O2/c1-11(8-14-4-5-16-2)6-12-7-13(17-3)10-15-9-12/h7,9-11,14H,4-6,8H2,1-3H3. The molecule has 0 aliphatic rings. The molecule has 0 saturated carbocycles. The summed E-state index contributed by atoms with van der Waals surface area (Å²) in [6, 6.07) is 2.04. The summed E-state index contributed by atoms with van der Waals surface area (Å²) in [4.78, 5) is 4.15. The fourth-order valence-corrected chi connectivity index (χ4v) is 1.68. The van der Waals surface area contributed by atoms with Gasteiger partial charge in [0, 0.05) is 19.9 Å². The molecule has 1 heterocycles. The fraction of sp³-hybridized carbons (Fsp3) is 0.615. The summed E-state index contributed by atoms with van der Waals surface area (Å²) in [7, 11) is 3.38. The molecule has 0 aliphatic heterocycles. The monoisotopic (exact) mass is 238 g/mol. The zero-order valence-electron chi connectivity index (χ0n) is 10.9. The third-order valence-electron chi connectivity index (χ3n) is 2.57. The van der Waals surface area contributed by atoms with Crippen LogP contribution in [-0.4, -0.2) is 38.9 Å². The van der Waals surface area contributed by atoms with Gasteiger partial charge >= 0.3 is 0 Å². The minimum absolute atomic E-state index is 0.570. The van der Waals surface area contributed by atoms with E-state index in [0.717, 1.165) is 31.9 Å². The first-order chi connectivity index (χ1) is 8.26. The molecule has 0 radical (unpaired) electrons. The van der Waals surface area contributed by atoms with E-state index in [9.17, 15) is 0 Å². The lowest BCUT2D eigenvalue weighted by atomic mass is 10.0. The lowest BCUT2D eigenvalue weighted by molar-refractivity contribution is 0.198. The second kappa shape index (κ2) is 8.03. The van der Waals surface area contributed by atoms with Gasteiger partial charge in [-0.05, 0) is 30.5 Å². The third-order valence-corrected chi connectivity index (χ3v) is 2.57. The van der Waals surface area contributed by atoms with E-state index in [0.29, 0.717) is 5.92 Å². The van der Waals surface area contributed by atoms with Gasteiger partial charge in [0.2, 0.25) is 0 Å². The van der Waals surface area contributed by atoms with Gasteiger partial charge in [-0.25, -0.2) is 0 Å². The molecule has 1 rings (SSSR count). The Bertz CT molecular complexity index is 318. The van der Waals surface area contributed by atoms with Gasteiger partial charge in [-0.1, -0.05) is 6.92 Å². The van der Waals surface area contributed by atoms with Crippen LogP contribution >= 0.6 is 0 Å². The summed E-state index contributed by atoms with van der Waals surface area (Å²) in [5, 5.41) is 3.36. The van der Waals surface area contributed by atoms with Crippen molar-refractivity contribution in [1.29, 1.82) is 0 Å². The molecule has 0 aromatic carbocycles. The predicted molar refractivity (Wildman–Crippen MR) is 68.4 cm³/mol. The van der Waals surface area contributed by atoms with Crippen LogP contribution in [0.3, 0.4) is 0 Å². The normalized spacial score (nSPS) is 12.4. The minimum atomic E-state index is 0.570. The summed E-state index contributed by atoms with van der Waals surface area (Å²) >= 11 is 0. The molecule has 4 nitrogen and oxygen atoms in total. The highest BCUT2D eigenvalue weighted by Gasteiger charge is 2.04. The van der Waals surface area contributed by atoms with Crippen molar-refractivity contribution in [2.45, 2.75) is 13.3 Å². The van der Waals surface area contributed by atoms with Crippen LogP contribution in [0.4, 0.5) is 0 Å². The van der Waals surface area contributed by atoms with Crippen LogP contribution < -0.4 is 10.1 Å². The number of pyridine rings is 1. The molecule has 0 aliphatic carbocycles. The maximum Gasteiger partial charge on any atom is 0.137 e. The first-order valence-corrected chi connectivity index (χ1v) is 5.93. The van der Waals surface area contributed by atoms with Gasteiger partial charge in [-0.2, -0.15) is 0 Å². The smallest absolute Gasteiger partial charge is 0.137 e. The first-order valence-electron chi connectivity index (χ1n) is 5.93. The van der Waals surface area contributed by atoms with E-state index in [4.69, 9.17) is 9.47 Å². The summed E-state index contributed by atoms with van der Waals surface area (Å²) in [6.45, 7) is 4.87. The molecule has 4 heteroatoms. The Morgan fingerprint density at radius 1 is 1.35 bits per heavy atom. The van der Waals surface area contributed by atoms with Crippen molar-refractivity contribution < 1.29 is 9.47 Å². The van der Waals surface area contributed by atoms with Crippen molar-refractivity contribution >= 4 is 0 Å². The number of nitrogens with zero attached hydrogens (tertiary/aromatic N) is 1. The van der Waals surface area contributed by atoms with Gasteiger partial charge < -0.3 is 14.8 Å². The molecule has 1 N–H and O–H groups in total. The molecule has 1 atom stereocenters. The second-order valence-electron chi connectivity index (χ2n) is 4.24. The Morgan fingerprint density at radius 3 is 2.88 bits per heavy atom. The second-order valence-corrected chi connectivity index (χ2v) is 4.24. The van der Waals surface area contributed by atoms with Crippen LogP contribution in [0.5, 0.6) is 5.75 Å². The minimum Gasteiger partial charge on any atom is -0.495 e. The Labute approximate surface area is 103 Å². The van der Waals surface area contributed by atoms with Crippen LogP contribution in [0.15, 0.2) is 18.5 Å². The van der Waals surface area contributed by atoms with Crippen LogP contribution in [-0.2, 0) is 11.2 Å². The number of nitrogens with one attached hydrogen (secondary N) is 1. The fourth-order valence-electron chi connectivity index (χ4n) is 1.68. The van der Waals surface area contributed by atoms with Gasteiger partial charge in [0.1, 0.15) is 5.75 Å². The molecule has 96 valence electrons. The molecule has 0 amide bonds. The Hall–Kier alpha value is -1.13. The highest BCUT2D eigenvalue weighted by atomic mass is 16.5. The van der Waals surface area contributed by atoms with E-state index in [2.05, 4.69) is 17.2 Å². The highest BCUT2D eigenvalue weighted by molar-refractivity contribution is 5.23. The molecule has 1 aromatic heterocycles. The first kappa shape index (κ1) is 13.9. The van der Waals surface area contributed by atoms with E-state index < -0.39 is 0 Å². The Balaban J connectivity index is 2.31. The lowest BCUT2D eigenvalue weighted by Crippen LogP contribution is -2.25. The summed E-state index contributed by atoms with van der Waals surface area (Å²) in [6.07, 6.45) is 4.63.